The fraction of sp³-hybridized carbons (Fsp3) is 0.400. The van der Waals surface area contributed by atoms with Crippen molar-refractivity contribution in [3.63, 3.8) is 0 Å². The lowest BCUT2D eigenvalue weighted by molar-refractivity contribution is -0.0328. The molecule has 0 spiro atoms. The third-order valence-corrected chi connectivity index (χ3v) is 2.60. The maximum Gasteiger partial charge on any atom is 0.446 e. The Kier molecular flexibility index (Phi) is 4.39. The highest BCUT2D eigenvalue weighted by Crippen LogP contribution is 2.39. The Hall–Kier alpha value is -1.24. The first-order valence-corrected chi connectivity index (χ1v) is 5.55. The number of rotatable bonds is 3. The predicted molar refractivity (Wildman–Crippen MR) is 56.8 cm³/mol. The molecular weight excluding hydrogens is 255 g/mol. The van der Waals surface area contributed by atoms with Gasteiger partial charge in [0.2, 0.25) is 0 Å². The molecule has 0 aliphatic carbocycles. The zero-order valence-electron chi connectivity index (χ0n) is 9.17. The largest absolute Gasteiger partial charge is 0.462 e. The van der Waals surface area contributed by atoms with Crippen molar-refractivity contribution < 1.29 is 22.7 Å². The first-order chi connectivity index (χ1) is 7.85. The third kappa shape index (κ3) is 3.92. The van der Waals surface area contributed by atoms with E-state index in [0.29, 0.717) is 0 Å². The van der Waals surface area contributed by atoms with E-state index in [1.165, 1.54) is 13.1 Å². The van der Waals surface area contributed by atoms with E-state index in [9.17, 15) is 18.0 Å². The van der Waals surface area contributed by atoms with E-state index in [2.05, 4.69) is 4.98 Å². The van der Waals surface area contributed by atoms with Crippen LogP contribution in [0.15, 0.2) is 17.2 Å². The summed E-state index contributed by atoms with van der Waals surface area (Å²) < 4.78 is 41.6. The van der Waals surface area contributed by atoms with E-state index >= 15 is 0 Å². The average molecular weight is 265 g/mol. The number of aromatic nitrogens is 1. The molecule has 1 heterocycles. The highest BCUT2D eigenvalue weighted by molar-refractivity contribution is 8.00. The zero-order chi connectivity index (χ0) is 13.1. The maximum atomic E-state index is 12.3. The van der Waals surface area contributed by atoms with Crippen LogP contribution in [0.25, 0.3) is 0 Å². The molecule has 0 atom stereocenters. The quantitative estimate of drug-likeness (QED) is 0.621. The summed E-state index contributed by atoms with van der Waals surface area (Å²) >= 11 is -0.345. The van der Waals surface area contributed by atoms with Crippen molar-refractivity contribution in [2.75, 3.05) is 6.61 Å². The number of esters is 1. The van der Waals surface area contributed by atoms with Crippen molar-refractivity contribution in [2.24, 2.45) is 0 Å². The molecular formula is C10H10F3NO2S. The lowest BCUT2D eigenvalue weighted by Crippen LogP contribution is -2.11. The second-order valence-corrected chi connectivity index (χ2v) is 4.14. The van der Waals surface area contributed by atoms with E-state index in [1.807, 2.05) is 0 Å². The van der Waals surface area contributed by atoms with E-state index in [1.54, 1.807) is 6.92 Å². The number of nitrogens with zero attached hydrogens (tertiary/aromatic N) is 1. The van der Waals surface area contributed by atoms with Crippen LogP contribution in [0, 0.1) is 6.92 Å². The van der Waals surface area contributed by atoms with Gasteiger partial charge in [-0.3, -0.25) is 4.98 Å². The van der Waals surface area contributed by atoms with Crippen LogP contribution < -0.4 is 0 Å². The smallest absolute Gasteiger partial charge is 0.446 e. The lowest BCUT2D eigenvalue weighted by atomic mass is 10.2. The SMILES string of the molecule is CCOC(=O)c1c(SC(F)(F)F)ccnc1C. The predicted octanol–water partition coefficient (Wildman–Crippen LogP) is 3.18. The van der Waals surface area contributed by atoms with Gasteiger partial charge in [0.05, 0.1) is 17.9 Å². The Bertz CT molecular complexity index is 421. The Labute approximate surface area is 100 Å². The van der Waals surface area contributed by atoms with Gasteiger partial charge in [-0.2, -0.15) is 13.2 Å². The standard InChI is InChI=1S/C10H10F3NO2S/c1-3-16-9(15)8-6(2)14-5-4-7(8)17-10(11,12)13/h4-5H,3H2,1-2H3. The highest BCUT2D eigenvalue weighted by Gasteiger charge is 2.32. The maximum absolute atomic E-state index is 12.3. The van der Waals surface area contributed by atoms with Crippen molar-refractivity contribution in [1.29, 1.82) is 0 Å². The average Bonchev–Trinajstić information content (AvgIpc) is 2.15. The Morgan fingerprint density at radius 1 is 1.53 bits per heavy atom. The molecule has 94 valence electrons. The molecule has 0 aliphatic heterocycles. The molecule has 1 aromatic heterocycles. The van der Waals surface area contributed by atoms with Crippen molar-refractivity contribution in [2.45, 2.75) is 24.3 Å². The summed E-state index contributed by atoms with van der Waals surface area (Å²) in [5, 5.41) is 0. The van der Waals surface area contributed by atoms with Crippen LogP contribution in [0.5, 0.6) is 0 Å². The van der Waals surface area contributed by atoms with Crippen LogP contribution in [-0.2, 0) is 4.74 Å². The summed E-state index contributed by atoms with van der Waals surface area (Å²) in [4.78, 5) is 15.1. The zero-order valence-corrected chi connectivity index (χ0v) is 9.98. The minimum atomic E-state index is -4.45. The highest BCUT2D eigenvalue weighted by atomic mass is 32.2. The molecule has 7 heteroatoms. The third-order valence-electron chi connectivity index (χ3n) is 1.81. The van der Waals surface area contributed by atoms with Gasteiger partial charge in [0.15, 0.2) is 0 Å². The van der Waals surface area contributed by atoms with Gasteiger partial charge in [0.1, 0.15) is 0 Å². The van der Waals surface area contributed by atoms with Crippen molar-refractivity contribution in [3.8, 4) is 0 Å². The number of hydrogen-bond acceptors (Lipinski definition) is 4. The van der Waals surface area contributed by atoms with E-state index in [-0.39, 0.29) is 34.5 Å². The summed E-state index contributed by atoms with van der Waals surface area (Å²) in [6.07, 6.45) is 1.23. The Morgan fingerprint density at radius 2 is 2.18 bits per heavy atom. The molecule has 0 aliphatic rings. The van der Waals surface area contributed by atoms with Gasteiger partial charge in [0.25, 0.3) is 0 Å². The number of carbonyl (C=O) groups is 1. The normalized spacial score (nSPS) is 11.4. The number of hydrogen-bond donors (Lipinski definition) is 0. The van der Waals surface area contributed by atoms with Gasteiger partial charge in [-0.25, -0.2) is 4.79 Å². The number of pyridine rings is 1. The topological polar surface area (TPSA) is 39.2 Å². The fourth-order valence-corrected chi connectivity index (χ4v) is 1.92. The van der Waals surface area contributed by atoms with Crippen molar-refractivity contribution in [1.82, 2.24) is 4.98 Å². The molecule has 0 radical (unpaired) electrons. The molecule has 0 amide bonds. The molecule has 1 aromatic rings. The van der Waals surface area contributed by atoms with Crippen LogP contribution >= 0.6 is 11.8 Å². The first-order valence-electron chi connectivity index (χ1n) is 4.73. The van der Waals surface area contributed by atoms with Crippen LogP contribution in [0.1, 0.15) is 23.0 Å². The molecule has 0 bridgehead atoms. The van der Waals surface area contributed by atoms with Gasteiger partial charge in [-0.05, 0) is 31.7 Å². The molecule has 0 saturated carbocycles. The van der Waals surface area contributed by atoms with Gasteiger partial charge in [-0.1, -0.05) is 0 Å². The van der Waals surface area contributed by atoms with Crippen molar-refractivity contribution in [3.05, 3.63) is 23.5 Å². The monoisotopic (exact) mass is 265 g/mol. The lowest BCUT2D eigenvalue weighted by Gasteiger charge is -2.11. The molecule has 0 aromatic carbocycles. The van der Waals surface area contributed by atoms with E-state index in [0.717, 1.165) is 6.07 Å². The number of halogens is 3. The van der Waals surface area contributed by atoms with Crippen LogP contribution in [0.3, 0.4) is 0 Å². The molecule has 3 nitrogen and oxygen atoms in total. The Balaban J connectivity index is 3.13. The van der Waals surface area contributed by atoms with Gasteiger partial charge >= 0.3 is 11.5 Å². The van der Waals surface area contributed by atoms with Gasteiger partial charge in [-0.15, -0.1) is 0 Å². The summed E-state index contributed by atoms with van der Waals surface area (Å²) in [6.45, 7) is 3.15. The molecule has 1 rings (SSSR count). The summed E-state index contributed by atoms with van der Waals surface area (Å²) in [7, 11) is 0. The number of carbonyl (C=O) groups excluding carboxylic acids is 1. The van der Waals surface area contributed by atoms with Gasteiger partial charge in [0, 0.05) is 11.1 Å². The minimum absolute atomic E-state index is 0.100. The minimum Gasteiger partial charge on any atom is -0.462 e. The number of thioether (sulfide) groups is 1. The number of alkyl halides is 3. The van der Waals surface area contributed by atoms with Crippen LogP contribution in [-0.4, -0.2) is 23.1 Å². The summed E-state index contributed by atoms with van der Waals surface area (Å²) in [5.41, 5.74) is -4.36. The van der Waals surface area contributed by atoms with E-state index in [4.69, 9.17) is 4.74 Å². The molecule has 0 unspecified atom stereocenters. The molecule has 0 saturated heterocycles. The second kappa shape index (κ2) is 5.39. The van der Waals surface area contributed by atoms with Gasteiger partial charge < -0.3 is 4.74 Å². The first kappa shape index (κ1) is 13.8. The summed E-state index contributed by atoms with van der Waals surface area (Å²) in [5.74, 6) is -0.787. The van der Waals surface area contributed by atoms with Crippen LogP contribution in [0.2, 0.25) is 0 Å². The molecule has 0 fully saturated rings. The van der Waals surface area contributed by atoms with E-state index < -0.39 is 11.5 Å². The Morgan fingerprint density at radius 3 is 2.71 bits per heavy atom. The molecule has 17 heavy (non-hydrogen) atoms. The number of ether oxygens (including phenoxy) is 1. The number of aryl methyl sites for hydroxylation is 1. The molecule has 0 N–H and O–H groups in total. The fourth-order valence-electron chi connectivity index (χ4n) is 1.20. The van der Waals surface area contributed by atoms with Crippen molar-refractivity contribution >= 4 is 17.7 Å². The summed E-state index contributed by atoms with van der Waals surface area (Å²) in [6, 6.07) is 1.15. The second-order valence-electron chi connectivity index (χ2n) is 3.04. The van der Waals surface area contributed by atoms with Crippen LogP contribution in [0.4, 0.5) is 13.2 Å².